The highest BCUT2D eigenvalue weighted by molar-refractivity contribution is 5.25. The summed E-state index contributed by atoms with van der Waals surface area (Å²) in [5, 5.41) is 10.5. The summed E-state index contributed by atoms with van der Waals surface area (Å²) in [6.45, 7) is 6.55. The van der Waals surface area contributed by atoms with Crippen molar-refractivity contribution in [1.82, 2.24) is 0 Å². The molecule has 1 heteroatoms. The van der Waals surface area contributed by atoms with Gasteiger partial charge in [-0.3, -0.25) is 0 Å². The number of aliphatic hydroxyl groups excluding tert-OH is 1. The van der Waals surface area contributed by atoms with Crippen molar-refractivity contribution in [2.75, 3.05) is 0 Å². The van der Waals surface area contributed by atoms with E-state index in [0.717, 1.165) is 25.7 Å². The topological polar surface area (TPSA) is 20.2 Å². The molecule has 0 aliphatic carbocycles. The van der Waals surface area contributed by atoms with Gasteiger partial charge in [-0.15, -0.1) is 5.73 Å². The van der Waals surface area contributed by atoms with Crippen molar-refractivity contribution in [3.8, 4) is 0 Å². The highest BCUT2D eigenvalue weighted by Gasteiger charge is 2.17. The molecule has 1 nitrogen and oxygen atoms in total. The molecule has 22 heavy (non-hydrogen) atoms. The molecule has 0 saturated heterocycles. The van der Waals surface area contributed by atoms with E-state index in [1.807, 2.05) is 18.2 Å². The van der Waals surface area contributed by atoms with Gasteiger partial charge in [0.1, 0.15) is 0 Å². The molecule has 0 aromatic heterocycles. The molecule has 1 aromatic rings. The van der Waals surface area contributed by atoms with Crippen molar-refractivity contribution >= 4 is 0 Å². The lowest BCUT2D eigenvalue weighted by atomic mass is 9.90. The fourth-order valence-electron chi connectivity index (χ4n) is 2.73. The SMILES string of the molecule is CCCCCC(=C=C[C@@H](c1ccccc1)[C@@H](O)CCC)CC. The zero-order valence-corrected chi connectivity index (χ0v) is 14.5. The molecule has 0 aliphatic heterocycles. The molecular formula is C21H32O. The van der Waals surface area contributed by atoms with Crippen LogP contribution in [0.3, 0.4) is 0 Å². The molecule has 0 heterocycles. The van der Waals surface area contributed by atoms with Crippen LogP contribution in [-0.4, -0.2) is 11.2 Å². The van der Waals surface area contributed by atoms with E-state index in [4.69, 9.17) is 0 Å². The summed E-state index contributed by atoms with van der Waals surface area (Å²) in [5.74, 6) is 0.0499. The van der Waals surface area contributed by atoms with Gasteiger partial charge in [0.25, 0.3) is 0 Å². The Kier molecular flexibility index (Phi) is 9.62. The molecule has 0 radical (unpaired) electrons. The third-order valence-electron chi connectivity index (χ3n) is 4.16. The molecule has 0 fully saturated rings. The van der Waals surface area contributed by atoms with Crippen molar-refractivity contribution in [3.63, 3.8) is 0 Å². The number of unbranched alkanes of at least 4 members (excludes halogenated alkanes) is 2. The van der Waals surface area contributed by atoms with Gasteiger partial charge in [0.2, 0.25) is 0 Å². The molecule has 122 valence electrons. The molecular weight excluding hydrogens is 268 g/mol. The van der Waals surface area contributed by atoms with Crippen LogP contribution in [0, 0.1) is 0 Å². The smallest absolute Gasteiger partial charge is 0.0649 e. The Balaban J connectivity index is 2.93. The van der Waals surface area contributed by atoms with Crippen molar-refractivity contribution < 1.29 is 5.11 Å². The Hall–Kier alpha value is -1.30. The van der Waals surface area contributed by atoms with Gasteiger partial charge in [-0.05, 0) is 42.9 Å². The predicted octanol–water partition coefficient (Wildman–Crippen LogP) is 6.00. The summed E-state index contributed by atoms with van der Waals surface area (Å²) in [6, 6.07) is 10.3. The van der Waals surface area contributed by atoms with E-state index in [2.05, 4.69) is 44.7 Å². The van der Waals surface area contributed by atoms with Crippen LogP contribution in [0.2, 0.25) is 0 Å². The maximum absolute atomic E-state index is 10.5. The number of benzene rings is 1. The second-order valence-electron chi connectivity index (χ2n) is 6.02. The normalized spacial score (nSPS) is 13.3. The van der Waals surface area contributed by atoms with Gasteiger partial charge in [-0.1, -0.05) is 70.4 Å². The fourth-order valence-corrected chi connectivity index (χ4v) is 2.73. The molecule has 1 rings (SSSR count). The van der Waals surface area contributed by atoms with Crippen LogP contribution in [0.1, 0.15) is 77.2 Å². The maximum Gasteiger partial charge on any atom is 0.0649 e. The van der Waals surface area contributed by atoms with Crippen LogP contribution in [-0.2, 0) is 0 Å². The van der Waals surface area contributed by atoms with Gasteiger partial charge >= 0.3 is 0 Å². The summed E-state index contributed by atoms with van der Waals surface area (Å²) >= 11 is 0. The first kappa shape index (κ1) is 18.7. The molecule has 0 spiro atoms. The second kappa shape index (κ2) is 11.3. The van der Waals surface area contributed by atoms with E-state index in [0.29, 0.717) is 0 Å². The van der Waals surface area contributed by atoms with Gasteiger partial charge in [0.15, 0.2) is 0 Å². The zero-order valence-electron chi connectivity index (χ0n) is 14.5. The van der Waals surface area contributed by atoms with Crippen LogP contribution in [0.5, 0.6) is 0 Å². The number of hydrogen-bond acceptors (Lipinski definition) is 1. The van der Waals surface area contributed by atoms with Crippen LogP contribution < -0.4 is 0 Å². The Morgan fingerprint density at radius 1 is 1.09 bits per heavy atom. The zero-order chi connectivity index (χ0) is 16.2. The Morgan fingerprint density at radius 2 is 1.82 bits per heavy atom. The van der Waals surface area contributed by atoms with Gasteiger partial charge in [0.05, 0.1) is 6.10 Å². The van der Waals surface area contributed by atoms with Gasteiger partial charge in [-0.2, -0.15) is 0 Å². The third kappa shape index (κ3) is 6.64. The van der Waals surface area contributed by atoms with Crippen LogP contribution in [0.25, 0.3) is 0 Å². The van der Waals surface area contributed by atoms with E-state index < -0.39 is 0 Å². The van der Waals surface area contributed by atoms with Gasteiger partial charge in [0, 0.05) is 5.92 Å². The quantitative estimate of drug-likeness (QED) is 0.415. The van der Waals surface area contributed by atoms with Gasteiger partial charge in [-0.25, -0.2) is 0 Å². The Bertz CT molecular complexity index is 454. The molecule has 0 bridgehead atoms. The highest BCUT2D eigenvalue weighted by atomic mass is 16.3. The third-order valence-corrected chi connectivity index (χ3v) is 4.16. The standard InChI is InChI=1S/C21H32O/c1-4-7-9-13-18(6-3)16-17-20(21(22)12-5-2)19-14-10-8-11-15-19/h8,10-11,14-15,17,20-22H,4-7,9,12-13H2,1-3H3/t16?,20-,21-/m0/s1. The van der Waals surface area contributed by atoms with E-state index in [-0.39, 0.29) is 12.0 Å². The summed E-state index contributed by atoms with van der Waals surface area (Å²) < 4.78 is 0. The van der Waals surface area contributed by atoms with Crippen molar-refractivity contribution in [1.29, 1.82) is 0 Å². The second-order valence-corrected chi connectivity index (χ2v) is 6.02. The fraction of sp³-hybridized carbons (Fsp3) is 0.571. The van der Waals surface area contributed by atoms with Gasteiger partial charge < -0.3 is 5.11 Å². The molecule has 1 aromatic carbocycles. The van der Waals surface area contributed by atoms with E-state index in [9.17, 15) is 5.11 Å². The predicted molar refractivity (Wildman–Crippen MR) is 96.1 cm³/mol. The number of aliphatic hydroxyl groups is 1. The summed E-state index contributed by atoms with van der Waals surface area (Å²) in [5.41, 5.74) is 6.05. The van der Waals surface area contributed by atoms with Crippen molar-refractivity contribution in [2.45, 2.75) is 77.7 Å². The highest BCUT2D eigenvalue weighted by Crippen LogP contribution is 2.24. The van der Waals surface area contributed by atoms with E-state index in [1.165, 1.54) is 30.4 Å². The lowest BCUT2D eigenvalue weighted by Crippen LogP contribution is -2.16. The Morgan fingerprint density at radius 3 is 2.41 bits per heavy atom. The summed E-state index contributed by atoms with van der Waals surface area (Å²) in [4.78, 5) is 0. The van der Waals surface area contributed by atoms with Crippen molar-refractivity contribution in [3.05, 3.63) is 53.3 Å². The lowest BCUT2D eigenvalue weighted by Gasteiger charge is -2.19. The number of hydrogen-bond donors (Lipinski definition) is 1. The molecule has 0 unspecified atom stereocenters. The first-order chi connectivity index (χ1) is 10.7. The van der Waals surface area contributed by atoms with Crippen molar-refractivity contribution in [2.24, 2.45) is 0 Å². The first-order valence-electron chi connectivity index (χ1n) is 8.90. The van der Waals surface area contributed by atoms with Crippen LogP contribution >= 0.6 is 0 Å². The number of rotatable bonds is 10. The molecule has 0 amide bonds. The summed E-state index contributed by atoms with van der Waals surface area (Å²) in [7, 11) is 0. The molecule has 1 N–H and O–H groups in total. The Labute approximate surface area is 136 Å². The minimum Gasteiger partial charge on any atom is -0.392 e. The molecule has 0 saturated carbocycles. The average molecular weight is 300 g/mol. The minimum absolute atomic E-state index is 0.0499. The molecule has 2 atom stereocenters. The van der Waals surface area contributed by atoms with Crippen LogP contribution in [0.4, 0.5) is 0 Å². The van der Waals surface area contributed by atoms with E-state index in [1.54, 1.807) is 0 Å². The average Bonchev–Trinajstić information content (AvgIpc) is 2.54. The largest absolute Gasteiger partial charge is 0.392 e. The van der Waals surface area contributed by atoms with E-state index >= 15 is 0 Å². The maximum atomic E-state index is 10.5. The summed E-state index contributed by atoms with van der Waals surface area (Å²) in [6.07, 6.45) is 9.56. The monoisotopic (exact) mass is 300 g/mol. The first-order valence-corrected chi connectivity index (χ1v) is 8.90. The minimum atomic E-state index is -0.325. The lowest BCUT2D eigenvalue weighted by molar-refractivity contribution is 0.148. The van der Waals surface area contributed by atoms with Crippen LogP contribution in [0.15, 0.2) is 47.7 Å². The molecule has 0 aliphatic rings.